The van der Waals surface area contributed by atoms with Gasteiger partial charge in [-0.25, -0.2) is 0 Å². The van der Waals surface area contributed by atoms with Gasteiger partial charge < -0.3 is 10.1 Å². The number of nitrogens with zero attached hydrogens (tertiary/aromatic N) is 1. The average molecular weight is 339 g/mol. The van der Waals surface area contributed by atoms with E-state index in [2.05, 4.69) is 10.6 Å². The summed E-state index contributed by atoms with van der Waals surface area (Å²) in [4.78, 5) is 12.1. The number of carbonyl (C=O) groups excluding carboxylic acids is 1. The zero-order valence-corrected chi connectivity index (χ0v) is 14.0. The molecule has 122 valence electrons. The van der Waals surface area contributed by atoms with Crippen molar-refractivity contribution < 1.29 is 9.53 Å². The van der Waals surface area contributed by atoms with E-state index in [0.29, 0.717) is 23.4 Å². The largest absolute Gasteiger partial charge is 0.494 e. The second kappa shape index (κ2) is 8.65. The highest BCUT2D eigenvalue weighted by atomic mass is 32.1. The van der Waals surface area contributed by atoms with E-state index in [1.807, 2.05) is 13.0 Å². The lowest BCUT2D eigenvalue weighted by molar-refractivity contribution is 0.0977. The van der Waals surface area contributed by atoms with Gasteiger partial charge in [-0.1, -0.05) is 6.92 Å². The second-order valence-electron chi connectivity index (χ2n) is 4.97. The molecule has 2 N–H and O–H groups in total. The Morgan fingerprint density at radius 1 is 1.17 bits per heavy atom. The molecule has 0 atom stereocenters. The molecule has 0 saturated heterocycles. The van der Waals surface area contributed by atoms with Crippen molar-refractivity contribution in [2.75, 3.05) is 11.9 Å². The third kappa shape index (κ3) is 5.07. The lowest BCUT2D eigenvalue weighted by atomic mass is 10.2. The molecule has 0 unspecified atom stereocenters. The number of hydrogen-bond donors (Lipinski definition) is 2. The number of carbonyl (C=O) groups is 1. The SMILES string of the molecule is CCCOc1ccc(C(=O)NC(=S)Nc2ccc(C#N)cc2)cc1. The number of rotatable bonds is 5. The van der Waals surface area contributed by atoms with Crippen molar-refractivity contribution in [1.82, 2.24) is 5.32 Å². The van der Waals surface area contributed by atoms with E-state index in [1.165, 1.54) is 0 Å². The van der Waals surface area contributed by atoms with E-state index < -0.39 is 0 Å². The molecular weight excluding hydrogens is 322 g/mol. The van der Waals surface area contributed by atoms with E-state index >= 15 is 0 Å². The molecule has 2 rings (SSSR count). The molecule has 0 bridgehead atoms. The van der Waals surface area contributed by atoms with Gasteiger partial charge in [0.25, 0.3) is 5.91 Å². The minimum atomic E-state index is -0.303. The highest BCUT2D eigenvalue weighted by Gasteiger charge is 2.08. The van der Waals surface area contributed by atoms with Crippen LogP contribution in [0.3, 0.4) is 0 Å². The Morgan fingerprint density at radius 2 is 1.83 bits per heavy atom. The normalized spacial score (nSPS) is 9.67. The van der Waals surface area contributed by atoms with Gasteiger partial charge in [-0.05, 0) is 67.2 Å². The van der Waals surface area contributed by atoms with Crippen LogP contribution in [0.2, 0.25) is 0 Å². The number of hydrogen-bond acceptors (Lipinski definition) is 4. The quantitative estimate of drug-likeness (QED) is 0.816. The first-order valence-corrected chi connectivity index (χ1v) is 7.88. The Morgan fingerprint density at radius 3 is 2.42 bits per heavy atom. The minimum absolute atomic E-state index is 0.191. The Labute approximate surface area is 146 Å². The molecule has 24 heavy (non-hydrogen) atoms. The number of amides is 1. The van der Waals surface area contributed by atoms with Crippen LogP contribution in [0.4, 0.5) is 5.69 Å². The average Bonchev–Trinajstić information content (AvgIpc) is 2.61. The van der Waals surface area contributed by atoms with E-state index in [4.69, 9.17) is 22.2 Å². The Bertz CT molecular complexity index is 749. The van der Waals surface area contributed by atoms with Gasteiger partial charge in [0, 0.05) is 11.3 Å². The third-order valence-corrected chi connectivity index (χ3v) is 3.29. The van der Waals surface area contributed by atoms with Crippen molar-refractivity contribution in [2.24, 2.45) is 0 Å². The fourth-order valence-electron chi connectivity index (χ4n) is 1.89. The maximum Gasteiger partial charge on any atom is 0.257 e. The first-order chi connectivity index (χ1) is 11.6. The molecule has 1 amide bonds. The van der Waals surface area contributed by atoms with Gasteiger partial charge in [-0.15, -0.1) is 0 Å². The number of thiocarbonyl (C=S) groups is 1. The molecule has 0 fully saturated rings. The molecule has 0 aliphatic rings. The second-order valence-corrected chi connectivity index (χ2v) is 5.38. The predicted octanol–water partition coefficient (Wildman–Crippen LogP) is 3.47. The van der Waals surface area contributed by atoms with Crippen LogP contribution in [0.5, 0.6) is 5.75 Å². The lowest BCUT2D eigenvalue weighted by Gasteiger charge is -2.10. The summed E-state index contributed by atoms with van der Waals surface area (Å²) >= 11 is 5.12. The van der Waals surface area contributed by atoms with Crippen molar-refractivity contribution in [3.05, 3.63) is 59.7 Å². The van der Waals surface area contributed by atoms with Crippen LogP contribution in [0, 0.1) is 11.3 Å². The summed E-state index contributed by atoms with van der Waals surface area (Å²) in [5.74, 6) is 0.426. The fraction of sp³-hybridized carbons (Fsp3) is 0.167. The minimum Gasteiger partial charge on any atom is -0.494 e. The van der Waals surface area contributed by atoms with Crippen molar-refractivity contribution >= 4 is 28.9 Å². The number of anilines is 1. The van der Waals surface area contributed by atoms with Crippen molar-refractivity contribution in [3.8, 4) is 11.8 Å². The Balaban J connectivity index is 1.90. The van der Waals surface area contributed by atoms with Crippen molar-refractivity contribution in [1.29, 1.82) is 5.26 Å². The van der Waals surface area contributed by atoms with Crippen LogP contribution in [0.1, 0.15) is 29.3 Å². The molecule has 6 heteroatoms. The molecule has 0 heterocycles. The van der Waals surface area contributed by atoms with Crippen LogP contribution < -0.4 is 15.4 Å². The number of ether oxygens (including phenoxy) is 1. The standard InChI is InChI=1S/C18H17N3O2S/c1-2-11-23-16-9-5-14(6-10-16)17(22)21-18(24)20-15-7-3-13(12-19)4-8-15/h3-10H,2,11H2,1H3,(H2,20,21,22,24). The first kappa shape index (κ1) is 17.4. The van der Waals surface area contributed by atoms with E-state index in [-0.39, 0.29) is 11.0 Å². The van der Waals surface area contributed by atoms with Crippen molar-refractivity contribution in [2.45, 2.75) is 13.3 Å². The van der Waals surface area contributed by atoms with E-state index in [9.17, 15) is 4.79 Å². The van der Waals surface area contributed by atoms with Gasteiger partial charge >= 0.3 is 0 Å². The monoisotopic (exact) mass is 339 g/mol. The molecule has 0 aliphatic carbocycles. The molecule has 2 aromatic carbocycles. The molecule has 5 nitrogen and oxygen atoms in total. The molecular formula is C18H17N3O2S. The van der Waals surface area contributed by atoms with Crippen LogP contribution in [-0.4, -0.2) is 17.6 Å². The van der Waals surface area contributed by atoms with Gasteiger partial charge in [0.2, 0.25) is 0 Å². The summed E-state index contributed by atoms with van der Waals surface area (Å²) in [6.07, 6.45) is 0.928. The first-order valence-electron chi connectivity index (χ1n) is 7.47. The van der Waals surface area contributed by atoms with E-state index in [0.717, 1.165) is 12.2 Å². The van der Waals surface area contributed by atoms with Gasteiger partial charge in [-0.3, -0.25) is 10.1 Å². The van der Waals surface area contributed by atoms with Crippen molar-refractivity contribution in [3.63, 3.8) is 0 Å². The lowest BCUT2D eigenvalue weighted by Crippen LogP contribution is -2.34. The zero-order chi connectivity index (χ0) is 17.4. The summed E-state index contributed by atoms with van der Waals surface area (Å²) in [5, 5.41) is 14.5. The van der Waals surface area contributed by atoms with Gasteiger partial charge in [-0.2, -0.15) is 5.26 Å². The molecule has 0 radical (unpaired) electrons. The zero-order valence-electron chi connectivity index (χ0n) is 13.2. The Kier molecular flexibility index (Phi) is 6.29. The summed E-state index contributed by atoms with van der Waals surface area (Å²) in [7, 11) is 0. The molecule has 0 spiro atoms. The Hall–Kier alpha value is -2.91. The summed E-state index contributed by atoms with van der Waals surface area (Å²) in [5.41, 5.74) is 1.74. The highest BCUT2D eigenvalue weighted by molar-refractivity contribution is 7.80. The maximum atomic E-state index is 12.1. The van der Waals surface area contributed by atoms with Gasteiger partial charge in [0.05, 0.1) is 18.2 Å². The van der Waals surface area contributed by atoms with Gasteiger partial charge in [0.1, 0.15) is 5.75 Å². The fourth-order valence-corrected chi connectivity index (χ4v) is 2.10. The van der Waals surface area contributed by atoms with Crippen LogP contribution in [-0.2, 0) is 0 Å². The number of nitrogens with one attached hydrogen (secondary N) is 2. The highest BCUT2D eigenvalue weighted by Crippen LogP contribution is 2.13. The third-order valence-electron chi connectivity index (χ3n) is 3.09. The van der Waals surface area contributed by atoms with Gasteiger partial charge in [0.15, 0.2) is 5.11 Å². The topological polar surface area (TPSA) is 74.2 Å². The summed E-state index contributed by atoms with van der Waals surface area (Å²) in [6, 6.07) is 15.7. The van der Waals surface area contributed by atoms with Crippen LogP contribution in [0.15, 0.2) is 48.5 Å². The maximum absolute atomic E-state index is 12.1. The molecule has 2 aromatic rings. The van der Waals surface area contributed by atoms with E-state index in [1.54, 1.807) is 48.5 Å². The molecule has 0 aromatic heterocycles. The van der Waals surface area contributed by atoms with Crippen LogP contribution in [0.25, 0.3) is 0 Å². The van der Waals surface area contributed by atoms with Crippen LogP contribution >= 0.6 is 12.2 Å². The predicted molar refractivity (Wildman–Crippen MR) is 97.1 cm³/mol. The number of nitriles is 1. The molecule has 0 saturated carbocycles. The smallest absolute Gasteiger partial charge is 0.257 e. The number of benzene rings is 2. The molecule has 0 aliphatic heterocycles. The summed E-state index contributed by atoms with van der Waals surface area (Å²) in [6.45, 7) is 2.67. The summed E-state index contributed by atoms with van der Waals surface area (Å²) < 4.78 is 5.48.